The van der Waals surface area contributed by atoms with E-state index in [0.717, 1.165) is 28.5 Å². The van der Waals surface area contributed by atoms with Gasteiger partial charge in [-0.15, -0.1) is 6.58 Å². The molecule has 0 saturated heterocycles. The Balaban J connectivity index is 1.91. The van der Waals surface area contributed by atoms with Gasteiger partial charge >= 0.3 is 0 Å². The zero-order valence-electron chi connectivity index (χ0n) is 17.8. The maximum atomic E-state index is 12.2. The van der Waals surface area contributed by atoms with Gasteiger partial charge in [0.15, 0.2) is 16.7 Å². The van der Waals surface area contributed by atoms with Crippen LogP contribution in [0.1, 0.15) is 30.5 Å². The van der Waals surface area contributed by atoms with Crippen LogP contribution in [0.3, 0.4) is 0 Å². The minimum absolute atomic E-state index is 0.270. The summed E-state index contributed by atoms with van der Waals surface area (Å²) < 4.78 is 12.0. The van der Waals surface area contributed by atoms with Gasteiger partial charge < -0.3 is 14.8 Å². The van der Waals surface area contributed by atoms with E-state index in [9.17, 15) is 9.59 Å². The minimum Gasteiger partial charge on any atom is -0.490 e. The number of halogens is 1. The van der Waals surface area contributed by atoms with Gasteiger partial charge in [-0.3, -0.25) is 9.59 Å². The highest BCUT2D eigenvalue weighted by molar-refractivity contribution is 8.18. The topological polar surface area (TPSA) is 77.0 Å². The van der Waals surface area contributed by atoms with Crippen LogP contribution in [0.2, 0.25) is 5.02 Å². The average Bonchev–Trinajstić information content (AvgIpc) is 3.06. The van der Waals surface area contributed by atoms with E-state index in [2.05, 4.69) is 16.9 Å². The van der Waals surface area contributed by atoms with Gasteiger partial charge in [0.25, 0.3) is 5.91 Å². The molecule has 1 N–H and O–H groups in total. The van der Waals surface area contributed by atoms with Crippen LogP contribution in [-0.4, -0.2) is 23.6 Å². The fourth-order valence-electron chi connectivity index (χ4n) is 3.05. The molecule has 0 atom stereocenters. The molecule has 3 rings (SSSR count). The van der Waals surface area contributed by atoms with E-state index in [0.29, 0.717) is 41.1 Å². The van der Waals surface area contributed by atoms with Crippen LogP contribution in [-0.2, 0) is 22.6 Å². The number of nitrogens with zero attached hydrogens (tertiary/aromatic N) is 1. The lowest BCUT2D eigenvalue weighted by atomic mass is 10.0. The predicted molar refractivity (Wildman–Crippen MR) is 129 cm³/mol. The summed E-state index contributed by atoms with van der Waals surface area (Å²) in [5.74, 6) is 0.510. The van der Waals surface area contributed by atoms with Crippen molar-refractivity contribution in [2.24, 2.45) is 4.99 Å². The van der Waals surface area contributed by atoms with E-state index < -0.39 is 5.91 Å². The Hall–Kier alpha value is -3.03. The van der Waals surface area contributed by atoms with Gasteiger partial charge in [0.05, 0.1) is 11.5 Å². The summed E-state index contributed by atoms with van der Waals surface area (Å²) in [4.78, 5) is 27.8. The molecule has 166 valence electrons. The molecule has 1 heterocycles. The van der Waals surface area contributed by atoms with Gasteiger partial charge in [0.2, 0.25) is 5.91 Å². The second-order valence-corrected chi connectivity index (χ2v) is 8.33. The number of thioether (sulfide) groups is 1. The highest BCUT2D eigenvalue weighted by Gasteiger charge is 2.23. The third-order valence-corrected chi connectivity index (χ3v) is 5.43. The molecule has 2 aromatic carbocycles. The molecule has 6 nitrogen and oxygen atoms in total. The third kappa shape index (κ3) is 6.24. The standard InChI is InChI=1S/C24H23ClN2O4S/c1-4-7-18-10-17(13-21-23(29)27-24(32-21)26-15(3)28)12-20(30-5-2)22(18)31-14-16-8-6-9-19(25)11-16/h4,6,8-13H,1,5,7,14H2,2-3H3,(H,26,27,28,29)/b21-13+. The van der Waals surface area contributed by atoms with Crippen molar-refractivity contribution in [3.05, 3.63) is 75.7 Å². The van der Waals surface area contributed by atoms with Crippen molar-refractivity contribution in [1.29, 1.82) is 0 Å². The van der Waals surface area contributed by atoms with Crippen LogP contribution in [0, 0.1) is 0 Å². The number of amidine groups is 1. The van der Waals surface area contributed by atoms with Crippen LogP contribution in [0.25, 0.3) is 6.08 Å². The quantitative estimate of drug-likeness (QED) is 0.426. The van der Waals surface area contributed by atoms with Crippen LogP contribution < -0.4 is 14.8 Å². The fourth-order valence-corrected chi connectivity index (χ4v) is 4.12. The molecule has 2 amide bonds. The van der Waals surface area contributed by atoms with Crippen molar-refractivity contribution in [3.8, 4) is 11.5 Å². The summed E-state index contributed by atoms with van der Waals surface area (Å²) in [5.41, 5.74) is 2.57. The second kappa shape index (κ2) is 11.0. The molecule has 32 heavy (non-hydrogen) atoms. The van der Waals surface area contributed by atoms with Gasteiger partial charge in [0, 0.05) is 17.5 Å². The van der Waals surface area contributed by atoms with Gasteiger partial charge in [-0.1, -0.05) is 29.8 Å². The molecule has 0 saturated carbocycles. The molecule has 0 bridgehead atoms. The lowest BCUT2D eigenvalue weighted by Gasteiger charge is -2.17. The number of allylic oxidation sites excluding steroid dienone is 1. The summed E-state index contributed by atoms with van der Waals surface area (Å²) in [6.45, 7) is 7.88. The highest BCUT2D eigenvalue weighted by atomic mass is 35.5. The van der Waals surface area contributed by atoms with Crippen molar-refractivity contribution in [2.45, 2.75) is 26.9 Å². The smallest absolute Gasteiger partial charge is 0.286 e. The van der Waals surface area contributed by atoms with Gasteiger partial charge in [-0.05, 0) is 66.6 Å². The summed E-state index contributed by atoms with van der Waals surface area (Å²) in [5, 5.41) is 3.45. The first-order chi connectivity index (χ1) is 15.4. The van der Waals surface area contributed by atoms with Crippen LogP contribution in [0.5, 0.6) is 11.5 Å². The Morgan fingerprint density at radius 1 is 1.28 bits per heavy atom. The molecule has 0 spiro atoms. The molecule has 8 heteroatoms. The molecule has 1 aliphatic heterocycles. The maximum Gasteiger partial charge on any atom is 0.286 e. The van der Waals surface area contributed by atoms with E-state index in [4.69, 9.17) is 21.1 Å². The Bertz CT molecular complexity index is 1110. The first-order valence-corrected chi connectivity index (χ1v) is 11.2. The average molecular weight is 471 g/mol. The Morgan fingerprint density at radius 3 is 2.78 bits per heavy atom. The van der Waals surface area contributed by atoms with Crippen LogP contribution in [0.15, 0.2) is 59.0 Å². The molecule has 1 aliphatic rings. The number of carbonyl (C=O) groups excluding carboxylic acids is 2. The monoisotopic (exact) mass is 470 g/mol. The normalized spacial score (nSPS) is 14.3. The molecule has 0 unspecified atom stereocenters. The number of aliphatic imine (C=N–C) groups is 1. The summed E-state index contributed by atoms with van der Waals surface area (Å²) in [7, 11) is 0. The fraction of sp³-hybridized carbons (Fsp3) is 0.208. The molecule has 0 fully saturated rings. The number of benzene rings is 2. The molecule has 0 aromatic heterocycles. The van der Waals surface area contributed by atoms with E-state index >= 15 is 0 Å². The number of hydrogen-bond acceptors (Lipinski definition) is 5. The Labute approximate surface area is 196 Å². The predicted octanol–water partition coefficient (Wildman–Crippen LogP) is 5.15. The van der Waals surface area contributed by atoms with E-state index in [-0.39, 0.29) is 11.1 Å². The van der Waals surface area contributed by atoms with Crippen LogP contribution in [0.4, 0.5) is 0 Å². The zero-order chi connectivity index (χ0) is 23.1. The van der Waals surface area contributed by atoms with E-state index in [1.807, 2.05) is 43.3 Å². The first-order valence-electron chi connectivity index (χ1n) is 9.97. The van der Waals surface area contributed by atoms with Crippen LogP contribution >= 0.6 is 23.4 Å². The summed E-state index contributed by atoms with van der Waals surface area (Å²) in [6, 6.07) is 11.2. The lowest BCUT2D eigenvalue weighted by molar-refractivity contribution is -0.117. The SMILES string of the molecule is C=CCc1cc(/C=C2/SC(NC(C)=O)=NC2=O)cc(OCC)c1OCc1cccc(Cl)c1. The van der Waals surface area contributed by atoms with Crippen molar-refractivity contribution >= 4 is 46.4 Å². The van der Waals surface area contributed by atoms with Crippen molar-refractivity contribution < 1.29 is 19.1 Å². The largest absolute Gasteiger partial charge is 0.490 e. The molecule has 0 aliphatic carbocycles. The molecule has 2 aromatic rings. The highest BCUT2D eigenvalue weighted by Crippen LogP contribution is 2.37. The van der Waals surface area contributed by atoms with Gasteiger partial charge in [-0.2, -0.15) is 4.99 Å². The lowest BCUT2D eigenvalue weighted by Crippen LogP contribution is -2.23. The number of rotatable bonds is 8. The molecular weight excluding hydrogens is 448 g/mol. The zero-order valence-corrected chi connectivity index (χ0v) is 19.4. The number of carbonyl (C=O) groups is 2. The Kier molecular flexibility index (Phi) is 8.14. The summed E-state index contributed by atoms with van der Waals surface area (Å²) in [6.07, 6.45) is 4.06. The van der Waals surface area contributed by atoms with Crippen molar-refractivity contribution in [1.82, 2.24) is 5.32 Å². The molecular formula is C24H23ClN2O4S. The third-order valence-electron chi connectivity index (χ3n) is 4.29. The Morgan fingerprint density at radius 2 is 2.09 bits per heavy atom. The number of hydrogen-bond donors (Lipinski definition) is 1. The maximum absolute atomic E-state index is 12.2. The first kappa shape index (κ1) is 23.6. The van der Waals surface area contributed by atoms with E-state index in [1.165, 1.54) is 6.92 Å². The minimum atomic E-state index is -0.400. The second-order valence-electron chi connectivity index (χ2n) is 6.87. The number of ether oxygens (including phenoxy) is 2. The van der Waals surface area contributed by atoms with Gasteiger partial charge in [-0.25, -0.2) is 0 Å². The van der Waals surface area contributed by atoms with E-state index in [1.54, 1.807) is 12.2 Å². The summed E-state index contributed by atoms with van der Waals surface area (Å²) >= 11 is 7.20. The van der Waals surface area contributed by atoms with Crippen molar-refractivity contribution in [2.75, 3.05) is 6.61 Å². The molecule has 0 radical (unpaired) electrons. The number of amides is 2. The van der Waals surface area contributed by atoms with Gasteiger partial charge in [0.1, 0.15) is 6.61 Å². The number of nitrogens with one attached hydrogen (secondary N) is 1. The van der Waals surface area contributed by atoms with Crippen molar-refractivity contribution in [3.63, 3.8) is 0 Å².